The third kappa shape index (κ3) is 2.84. The van der Waals surface area contributed by atoms with Crippen molar-refractivity contribution in [3.05, 3.63) is 18.0 Å². The van der Waals surface area contributed by atoms with Gasteiger partial charge in [-0.1, -0.05) is 20.3 Å². The molecule has 1 heterocycles. The molecule has 0 bridgehead atoms. The molecule has 2 atom stereocenters. The summed E-state index contributed by atoms with van der Waals surface area (Å²) in [4.78, 5) is 0. The van der Waals surface area contributed by atoms with Crippen molar-refractivity contribution >= 4 is 0 Å². The predicted octanol–water partition coefficient (Wildman–Crippen LogP) is 2.21. The van der Waals surface area contributed by atoms with Crippen LogP contribution in [-0.4, -0.2) is 16.8 Å². The van der Waals surface area contributed by atoms with E-state index in [4.69, 9.17) is 0 Å². The summed E-state index contributed by atoms with van der Waals surface area (Å²) in [6.07, 6.45) is 5.29. The summed E-state index contributed by atoms with van der Waals surface area (Å²) in [6.45, 7) is 7.63. The van der Waals surface area contributed by atoms with Crippen molar-refractivity contribution in [1.82, 2.24) is 15.1 Å². The monoisotopic (exact) mass is 195 g/mol. The second-order valence-electron chi connectivity index (χ2n) is 4.02. The second kappa shape index (κ2) is 5.15. The molecule has 3 heteroatoms. The summed E-state index contributed by atoms with van der Waals surface area (Å²) in [5, 5.41) is 7.56. The molecule has 1 aromatic rings. The predicted molar refractivity (Wildman–Crippen MR) is 59.2 cm³/mol. The van der Waals surface area contributed by atoms with E-state index in [-0.39, 0.29) is 0 Å². The van der Waals surface area contributed by atoms with Crippen LogP contribution in [0.4, 0.5) is 0 Å². The molecule has 0 aliphatic carbocycles. The Bertz CT molecular complexity index is 267. The standard InChI is InChI=1S/C11H21N3/c1-5-9(2)7-14-8-11(6-13-14)10(3)12-4/h6,8-10,12H,5,7H2,1-4H3. The summed E-state index contributed by atoms with van der Waals surface area (Å²) in [5.74, 6) is 0.702. The van der Waals surface area contributed by atoms with Gasteiger partial charge >= 0.3 is 0 Å². The lowest BCUT2D eigenvalue weighted by atomic mass is 10.1. The van der Waals surface area contributed by atoms with Crippen molar-refractivity contribution in [3.63, 3.8) is 0 Å². The molecule has 1 N–H and O–H groups in total. The van der Waals surface area contributed by atoms with Gasteiger partial charge in [0.05, 0.1) is 6.20 Å². The summed E-state index contributed by atoms with van der Waals surface area (Å²) >= 11 is 0. The van der Waals surface area contributed by atoms with Gasteiger partial charge in [0.15, 0.2) is 0 Å². The van der Waals surface area contributed by atoms with Gasteiger partial charge in [-0.2, -0.15) is 5.10 Å². The van der Waals surface area contributed by atoms with Crippen LogP contribution in [-0.2, 0) is 6.54 Å². The van der Waals surface area contributed by atoms with E-state index < -0.39 is 0 Å². The third-order valence-corrected chi connectivity index (χ3v) is 2.78. The molecule has 0 spiro atoms. The Morgan fingerprint density at radius 2 is 2.21 bits per heavy atom. The van der Waals surface area contributed by atoms with E-state index in [1.165, 1.54) is 12.0 Å². The van der Waals surface area contributed by atoms with Gasteiger partial charge in [0.2, 0.25) is 0 Å². The Balaban J connectivity index is 2.59. The van der Waals surface area contributed by atoms with Crippen LogP contribution in [0.1, 0.15) is 38.8 Å². The lowest BCUT2D eigenvalue weighted by molar-refractivity contribution is 0.438. The lowest BCUT2D eigenvalue weighted by Gasteiger charge is -2.08. The van der Waals surface area contributed by atoms with Crippen molar-refractivity contribution in [2.45, 2.75) is 39.8 Å². The van der Waals surface area contributed by atoms with Gasteiger partial charge in [-0.05, 0) is 19.9 Å². The lowest BCUT2D eigenvalue weighted by Crippen LogP contribution is -2.11. The molecule has 0 aromatic carbocycles. The fourth-order valence-electron chi connectivity index (χ4n) is 1.32. The highest BCUT2D eigenvalue weighted by Gasteiger charge is 2.06. The Morgan fingerprint density at radius 3 is 2.79 bits per heavy atom. The van der Waals surface area contributed by atoms with Crippen molar-refractivity contribution in [1.29, 1.82) is 0 Å². The fourth-order valence-corrected chi connectivity index (χ4v) is 1.32. The number of hydrogen-bond acceptors (Lipinski definition) is 2. The molecule has 0 aliphatic rings. The van der Waals surface area contributed by atoms with E-state index in [0.717, 1.165) is 6.54 Å². The van der Waals surface area contributed by atoms with E-state index in [1.54, 1.807) is 0 Å². The Morgan fingerprint density at radius 1 is 1.50 bits per heavy atom. The van der Waals surface area contributed by atoms with E-state index in [0.29, 0.717) is 12.0 Å². The topological polar surface area (TPSA) is 29.9 Å². The van der Waals surface area contributed by atoms with Crippen LogP contribution in [0.3, 0.4) is 0 Å². The van der Waals surface area contributed by atoms with E-state index in [2.05, 4.69) is 37.4 Å². The minimum atomic E-state index is 0.390. The van der Waals surface area contributed by atoms with E-state index in [9.17, 15) is 0 Å². The van der Waals surface area contributed by atoms with E-state index in [1.807, 2.05) is 17.9 Å². The molecule has 1 aromatic heterocycles. The normalized spacial score (nSPS) is 15.4. The summed E-state index contributed by atoms with van der Waals surface area (Å²) in [7, 11) is 1.97. The third-order valence-electron chi connectivity index (χ3n) is 2.78. The zero-order chi connectivity index (χ0) is 10.6. The molecular formula is C11H21N3. The molecule has 80 valence electrons. The van der Waals surface area contributed by atoms with Gasteiger partial charge in [0.1, 0.15) is 0 Å². The van der Waals surface area contributed by atoms with Gasteiger partial charge in [-0.3, -0.25) is 4.68 Å². The zero-order valence-corrected chi connectivity index (χ0v) is 9.62. The molecule has 1 rings (SSSR count). The summed E-state index contributed by atoms with van der Waals surface area (Å²) in [5.41, 5.74) is 1.26. The van der Waals surface area contributed by atoms with Crippen LogP contribution in [0.15, 0.2) is 12.4 Å². The molecule has 0 aliphatic heterocycles. The van der Waals surface area contributed by atoms with Gasteiger partial charge in [-0.15, -0.1) is 0 Å². The smallest absolute Gasteiger partial charge is 0.0537 e. The summed E-state index contributed by atoms with van der Waals surface area (Å²) < 4.78 is 2.04. The minimum Gasteiger partial charge on any atom is -0.313 e. The molecule has 0 amide bonds. The number of nitrogens with one attached hydrogen (secondary N) is 1. The van der Waals surface area contributed by atoms with Crippen LogP contribution in [0.25, 0.3) is 0 Å². The highest BCUT2D eigenvalue weighted by atomic mass is 15.3. The second-order valence-corrected chi connectivity index (χ2v) is 4.02. The van der Waals surface area contributed by atoms with Crippen molar-refractivity contribution < 1.29 is 0 Å². The first kappa shape index (κ1) is 11.2. The fraction of sp³-hybridized carbons (Fsp3) is 0.727. The van der Waals surface area contributed by atoms with Crippen molar-refractivity contribution in [2.24, 2.45) is 5.92 Å². The number of hydrogen-bond donors (Lipinski definition) is 1. The Kier molecular flexibility index (Phi) is 4.14. The maximum Gasteiger partial charge on any atom is 0.0537 e. The van der Waals surface area contributed by atoms with Crippen LogP contribution in [0.5, 0.6) is 0 Å². The molecule has 0 radical (unpaired) electrons. The SMILES string of the molecule is CCC(C)Cn1cc(C(C)NC)cn1. The Labute approximate surface area is 86.5 Å². The molecule has 0 fully saturated rings. The highest BCUT2D eigenvalue weighted by molar-refractivity contribution is 5.08. The van der Waals surface area contributed by atoms with Crippen LogP contribution in [0.2, 0.25) is 0 Å². The van der Waals surface area contributed by atoms with Crippen LogP contribution >= 0.6 is 0 Å². The largest absolute Gasteiger partial charge is 0.313 e. The van der Waals surface area contributed by atoms with Gasteiger partial charge < -0.3 is 5.32 Å². The maximum absolute atomic E-state index is 4.35. The zero-order valence-electron chi connectivity index (χ0n) is 9.62. The number of aromatic nitrogens is 2. The number of nitrogens with zero attached hydrogens (tertiary/aromatic N) is 2. The van der Waals surface area contributed by atoms with Crippen molar-refractivity contribution in [2.75, 3.05) is 7.05 Å². The molecule has 0 saturated carbocycles. The average molecular weight is 195 g/mol. The first-order valence-electron chi connectivity index (χ1n) is 5.37. The first-order chi connectivity index (χ1) is 6.67. The molecule has 2 unspecified atom stereocenters. The molecule has 0 saturated heterocycles. The van der Waals surface area contributed by atoms with E-state index >= 15 is 0 Å². The number of rotatable bonds is 5. The van der Waals surface area contributed by atoms with Gasteiger partial charge in [0, 0.05) is 24.3 Å². The van der Waals surface area contributed by atoms with Crippen LogP contribution < -0.4 is 5.32 Å². The Hall–Kier alpha value is -0.830. The highest BCUT2D eigenvalue weighted by Crippen LogP contribution is 2.11. The summed E-state index contributed by atoms with van der Waals surface area (Å²) in [6, 6.07) is 0.390. The van der Waals surface area contributed by atoms with Gasteiger partial charge in [-0.25, -0.2) is 0 Å². The minimum absolute atomic E-state index is 0.390. The first-order valence-corrected chi connectivity index (χ1v) is 5.37. The quantitative estimate of drug-likeness (QED) is 0.780. The average Bonchev–Trinajstić information content (AvgIpc) is 2.65. The molecule has 3 nitrogen and oxygen atoms in total. The molecule has 14 heavy (non-hydrogen) atoms. The maximum atomic E-state index is 4.35. The molecular weight excluding hydrogens is 174 g/mol. The van der Waals surface area contributed by atoms with Crippen molar-refractivity contribution in [3.8, 4) is 0 Å². The van der Waals surface area contributed by atoms with Gasteiger partial charge in [0.25, 0.3) is 0 Å². The van der Waals surface area contributed by atoms with Crippen LogP contribution in [0, 0.1) is 5.92 Å².